The Morgan fingerprint density at radius 3 is 2.90 bits per heavy atom. The van der Waals surface area contributed by atoms with E-state index < -0.39 is 0 Å². The van der Waals surface area contributed by atoms with Gasteiger partial charge in [-0.3, -0.25) is 14.8 Å². The first-order chi connectivity index (χ1) is 10.3. The van der Waals surface area contributed by atoms with E-state index in [-0.39, 0.29) is 11.5 Å². The van der Waals surface area contributed by atoms with Crippen LogP contribution in [0.1, 0.15) is 44.2 Å². The van der Waals surface area contributed by atoms with Crippen LogP contribution in [-0.2, 0) is 16.0 Å². The highest BCUT2D eigenvalue weighted by molar-refractivity contribution is 5.76. The van der Waals surface area contributed by atoms with Crippen LogP contribution < -0.4 is 0 Å². The van der Waals surface area contributed by atoms with E-state index in [2.05, 4.69) is 9.97 Å². The minimum atomic E-state index is -0.0568. The van der Waals surface area contributed by atoms with Crippen LogP contribution in [-0.4, -0.2) is 46.1 Å². The SMILES string of the molecule is O=C(CCc1cnccn1)N1CCOC2(CCCCC2)C1. The molecule has 21 heavy (non-hydrogen) atoms. The van der Waals surface area contributed by atoms with Gasteiger partial charge in [0.15, 0.2) is 0 Å². The number of hydrogen-bond acceptors (Lipinski definition) is 4. The lowest BCUT2D eigenvalue weighted by Gasteiger charge is -2.45. The summed E-state index contributed by atoms with van der Waals surface area (Å²) in [5.41, 5.74) is 0.824. The van der Waals surface area contributed by atoms with Gasteiger partial charge >= 0.3 is 0 Å². The Morgan fingerprint density at radius 1 is 1.29 bits per heavy atom. The van der Waals surface area contributed by atoms with E-state index in [0.29, 0.717) is 19.4 Å². The summed E-state index contributed by atoms with van der Waals surface area (Å²) >= 11 is 0. The van der Waals surface area contributed by atoms with Crippen LogP contribution in [0, 0.1) is 0 Å². The molecule has 114 valence electrons. The number of carbonyl (C=O) groups is 1. The number of aromatic nitrogens is 2. The van der Waals surface area contributed by atoms with Crippen molar-refractivity contribution in [2.75, 3.05) is 19.7 Å². The molecule has 2 heterocycles. The van der Waals surface area contributed by atoms with Gasteiger partial charge in [0.2, 0.25) is 5.91 Å². The van der Waals surface area contributed by atoms with E-state index in [1.807, 2.05) is 4.90 Å². The van der Waals surface area contributed by atoms with Crippen molar-refractivity contribution in [2.45, 2.75) is 50.5 Å². The smallest absolute Gasteiger partial charge is 0.223 e. The van der Waals surface area contributed by atoms with Gasteiger partial charge in [0.25, 0.3) is 0 Å². The van der Waals surface area contributed by atoms with Gasteiger partial charge in [-0.1, -0.05) is 19.3 Å². The zero-order valence-corrected chi connectivity index (χ0v) is 12.5. The van der Waals surface area contributed by atoms with Crippen LogP contribution in [0.2, 0.25) is 0 Å². The molecule has 0 radical (unpaired) electrons. The van der Waals surface area contributed by atoms with Crippen molar-refractivity contribution in [1.29, 1.82) is 0 Å². The molecular formula is C16H23N3O2. The van der Waals surface area contributed by atoms with E-state index in [9.17, 15) is 4.79 Å². The number of aryl methyl sites for hydroxylation is 1. The van der Waals surface area contributed by atoms with E-state index >= 15 is 0 Å². The quantitative estimate of drug-likeness (QED) is 0.853. The zero-order chi connectivity index (χ0) is 14.5. The molecule has 1 aromatic heterocycles. The van der Waals surface area contributed by atoms with E-state index in [1.165, 1.54) is 19.3 Å². The van der Waals surface area contributed by atoms with Crippen LogP contribution in [0.25, 0.3) is 0 Å². The molecule has 0 N–H and O–H groups in total. The minimum Gasteiger partial charge on any atom is -0.371 e. The molecule has 5 heteroatoms. The predicted octanol–water partition coefficient (Wildman–Crippen LogP) is 1.97. The minimum absolute atomic E-state index is 0.0568. The van der Waals surface area contributed by atoms with Gasteiger partial charge in [-0.15, -0.1) is 0 Å². The topological polar surface area (TPSA) is 55.3 Å². The maximum absolute atomic E-state index is 12.4. The highest BCUT2D eigenvalue weighted by atomic mass is 16.5. The van der Waals surface area contributed by atoms with E-state index in [1.54, 1.807) is 18.6 Å². The molecular weight excluding hydrogens is 266 g/mol. The van der Waals surface area contributed by atoms with Crippen molar-refractivity contribution >= 4 is 5.91 Å². The van der Waals surface area contributed by atoms with Gasteiger partial charge in [-0.05, 0) is 19.3 Å². The third-order valence-electron chi connectivity index (χ3n) is 4.58. The number of nitrogens with zero attached hydrogens (tertiary/aromatic N) is 3. The lowest BCUT2D eigenvalue weighted by Crippen LogP contribution is -2.54. The number of amides is 1. The van der Waals surface area contributed by atoms with Gasteiger partial charge in [-0.25, -0.2) is 0 Å². The van der Waals surface area contributed by atoms with Crippen molar-refractivity contribution < 1.29 is 9.53 Å². The third-order valence-corrected chi connectivity index (χ3v) is 4.58. The average Bonchev–Trinajstić information content (AvgIpc) is 2.54. The zero-order valence-electron chi connectivity index (χ0n) is 12.5. The highest BCUT2D eigenvalue weighted by Gasteiger charge is 2.38. The number of rotatable bonds is 3. The van der Waals surface area contributed by atoms with E-state index in [4.69, 9.17) is 4.74 Å². The normalized spacial score (nSPS) is 21.4. The van der Waals surface area contributed by atoms with Crippen molar-refractivity contribution in [1.82, 2.24) is 14.9 Å². The third kappa shape index (κ3) is 3.59. The monoisotopic (exact) mass is 289 g/mol. The molecule has 1 spiro atoms. The Balaban J connectivity index is 1.54. The first-order valence-corrected chi connectivity index (χ1v) is 7.94. The van der Waals surface area contributed by atoms with Gasteiger partial charge in [-0.2, -0.15) is 0 Å². The Hall–Kier alpha value is -1.49. The van der Waals surface area contributed by atoms with Crippen molar-refractivity contribution in [3.8, 4) is 0 Å². The molecule has 2 aliphatic rings. The summed E-state index contributed by atoms with van der Waals surface area (Å²) in [6, 6.07) is 0. The molecule has 0 aromatic carbocycles. The van der Waals surface area contributed by atoms with Gasteiger partial charge < -0.3 is 9.64 Å². The van der Waals surface area contributed by atoms with E-state index in [0.717, 1.165) is 31.6 Å². The van der Waals surface area contributed by atoms with Crippen LogP contribution in [0.5, 0.6) is 0 Å². The second-order valence-corrected chi connectivity index (χ2v) is 6.10. The van der Waals surface area contributed by atoms with Crippen molar-refractivity contribution in [3.05, 3.63) is 24.3 Å². The molecule has 1 aliphatic carbocycles. The fraction of sp³-hybridized carbons (Fsp3) is 0.688. The molecule has 0 bridgehead atoms. The van der Waals surface area contributed by atoms with Gasteiger partial charge in [0.05, 0.1) is 17.9 Å². The number of hydrogen-bond donors (Lipinski definition) is 0. The Morgan fingerprint density at radius 2 is 2.14 bits per heavy atom. The largest absolute Gasteiger partial charge is 0.371 e. The molecule has 0 unspecified atom stereocenters. The standard InChI is InChI=1S/C16H23N3O2/c20-15(5-4-14-12-17-8-9-18-14)19-10-11-21-16(13-19)6-2-1-3-7-16/h8-9,12H,1-7,10-11,13H2. The van der Waals surface area contributed by atoms with Crippen molar-refractivity contribution in [3.63, 3.8) is 0 Å². The van der Waals surface area contributed by atoms with Gasteiger partial charge in [0, 0.05) is 38.1 Å². The van der Waals surface area contributed by atoms with Crippen molar-refractivity contribution in [2.24, 2.45) is 0 Å². The lowest BCUT2D eigenvalue weighted by atomic mass is 9.83. The molecule has 1 saturated carbocycles. The number of ether oxygens (including phenoxy) is 1. The highest BCUT2D eigenvalue weighted by Crippen LogP contribution is 2.34. The second-order valence-electron chi connectivity index (χ2n) is 6.10. The molecule has 1 aliphatic heterocycles. The summed E-state index contributed by atoms with van der Waals surface area (Å²) in [7, 11) is 0. The maximum atomic E-state index is 12.4. The predicted molar refractivity (Wildman–Crippen MR) is 78.7 cm³/mol. The summed E-state index contributed by atoms with van der Waals surface area (Å²) in [6.07, 6.45) is 12.2. The molecule has 1 saturated heterocycles. The van der Waals surface area contributed by atoms with Gasteiger partial charge in [0.1, 0.15) is 0 Å². The summed E-state index contributed by atoms with van der Waals surface area (Å²) in [5.74, 6) is 0.217. The molecule has 5 nitrogen and oxygen atoms in total. The van der Waals surface area contributed by atoms with Crippen LogP contribution in [0.3, 0.4) is 0 Å². The molecule has 0 atom stereocenters. The Labute approximate surface area is 125 Å². The maximum Gasteiger partial charge on any atom is 0.223 e. The van der Waals surface area contributed by atoms with Crippen LogP contribution >= 0.6 is 0 Å². The summed E-state index contributed by atoms with van der Waals surface area (Å²) in [4.78, 5) is 22.7. The number of carbonyl (C=O) groups excluding carboxylic acids is 1. The Kier molecular flexibility index (Phi) is 4.48. The summed E-state index contributed by atoms with van der Waals surface area (Å²) in [6.45, 7) is 2.17. The fourth-order valence-corrected chi connectivity index (χ4v) is 3.41. The second kappa shape index (κ2) is 6.52. The first kappa shape index (κ1) is 14.4. The summed E-state index contributed by atoms with van der Waals surface area (Å²) < 4.78 is 6.03. The fourth-order valence-electron chi connectivity index (χ4n) is 3.41. The summed E-state index contributed by atoms with van der Waals surface area (Å²) in [5, 5.41) is 0. The van der Waals surface area contributed by atoms with Crippen LogP contribution in [0.15, 0.2) is 18.6 Å². The molecule has 1 aromatic rings. The van der Waals surface area contributed by atoms with Crippen LogP contribution in [0.4, 0.5) is 0 Å². The lowest BCUT2D eigenvalue weighted by molar-refractivity contribution is -0.156. The molecule has 3 rings (SSSR count). The number of morpholine rings is 1. The first-order valence-electron chi connectivity index (χ1n) is 7.94. The molecule has 2 fully saturated rings. The average molecular weight is 289 g/mol. The molecule has 1 amide bonds. The Bertz CT molecular complexity index is 466.